The quantitative estimate of drug-likeness (QED) is 0.0548. The molecule has 4 aromatic rings. The molecule has 13 heteroatoms. The lowest BCUT2D eigenvalue weighted by molar-refractivity contribution is 0.00526. The molecule has 0 spiro atoms. The maximum atomic E-state index is 14.5. The summed E-state index contributed by atoms with van der Waals surface area (Å²) >= 11 is 0. The number of carbonyl (C=O) groups excluding carboxylic acids is 4. The average molecular weight is 875 g/mol. The second-order valence-electron chi connectivity index (χ2n) is 15.9. The Hall–Kier alpha value is -4.18. The molecule has 0 aromatic heterocycles. The number of hydrogen-bond acceptors (Lipinski definition) is 11. The number of carbonyl (C=O) groups is 4. The maximum absolute atomic E-state index is 14.5. The molecule has 0 unspecified atom stereocenters. The Labute approximate surface area is 360 Å². The third-order valence-corrected chi connectivity index (χ3v) is 14.5. The van der Waals surface area contributed by atoms with Gasteiger partial charge in [0.1, 0.15) is 0 Å². The van der Waals surface area contributed by atoms with Crippen molar-refractivity contribution >= 4 is 36.8 Å². The first-order valence-electron chi connectivity index (χ1n) is 20.4. The average Bonchev–Trinajstić information content (AvgIpc) is 3.14. The number of ether oxygens (including phenoxy) is 3. The Kier molecular flexibility index (Phi) is 17.2. The van der Waals surface area contributed by atoms with Crippen LogP contribution in [-0.4, -0.2) is 75.0 Å². The fourth-order valence-electron chi connectivity index (χ4n) is 8.07. The van der Waals surface area contributed by atoms with Crippen molar-refractivity contribution < 1.29 is 51.6 Å². The van der Waals surface area contributed by atoms with E-state index in [9.17, 15) is 28.3 Å². The van der Waals surface area contributed by atoms with Crippen LogP contribution < -0.4 is 0 Å². The van der Waals surface area contributed by atoms with Gasteiger partial charge in [-0.2, -0.15) is 0 Å². The number of rotatable bonds is 22. The van der Waals surface area contributed by atoms with E-state index in [4.69, 9.17) is 23.3 Å². The number of hydrogen-bond donors (Lipinski definition) is 0. The van der Waals surface area contributed by atoms with Gasteiger partial charge in [-0.05, 0) is 128 Å². The van der Waals surface area contributed by atoms with Crippen molar-refractivity contribution in [2.45, 2.75) is 83.1 Å². The molecule has 0 saturated carbocycles. The molecule has 0 aliphatic heterocycles. The minimum Gasteiger partial charge on any atom is -0.377 e. The third kappa shape index (κ3) is 11.6. The summed E-state index contributed by atoms with van der Waals surface area (Å²) in [6.45, 7) is 21.5. The van der Waals surface area contributed by atoms with E-state index in [-0.39, 0.29) is 75.1 Å². The van der Waals surface area contributed by atoms with Gasteiger partial charge in [-0.15, -0.1) is 0 Å². The highest BCUT2D eigenvalue weighted by Crippen LogP contribution is 2.56. The molecule has 0 radical (unpaired) electrons. The lowest BCUT2D eigenvalue weighted by Crippen LogP contribution is -2.19. The molecule has 0 fully saturated rings. The molecular formula is C48H60O11P2. The molecule has 61 heavy (non-hydrogen) atoms. The van der Waals surface area contributed by atoms with E-state index in [1.54, 1.807) is 55.4 Å². The van der Waals surface area contributed by atoms with E-state index < -0.39 is 36.8 Å². The molecule has 0 N–H and O–H groups in total. The first-order valence-corrected chi connectivity index (χ1v) is 23.6. The summed E-state index contributed by atoms with van der Waals surface area (Å²) < 4.78 is 57.4. The van der Waals surface area contributed by atoms with Crippen molar-refractivity contribution in [2.75, 3.05) is 52.9 Å². The Morgan fingerprint density at radius 2 is 0.492 bits per heavy atom. The lowest BCUT2D eigenvalue weighted by Gasteiger charge is -2.21. The molecule has 4 rings (SSSR count). The molecule has 0 atom stereocenters. The monoisotopic (exact) mass is 874 g/mol. The predicted octanol–water partition coefficient (Wildman–Crippen LogP) is 10.7. The van der Waals surface area contributed by atoms with Crippen molar-refractivity contribution in [2.24, 2.45) is 0 Å². The molecule has 0 aliphatic rings. The van der Waals surface area contributed by atoms with Crippen LogP contribution >= 0.6 is 14.7 Å². The molecule has 11 nitrogen and oxygen atoms in total. The van der Waals surface area contributed by atoms with Gasteiger partial charge >= 0.3 is 14.7 Å². The summed E-state index contributed by atoms with van der Waals surface area (Å²) in [7, 11) is -9.20. The largest absolute Gasteiger partial charge is 0.377 e. The van der Waals surface area contributed by atoms with Gasteiger partial charge in [-0.25, -0.2) is 0 Å². The summed E-state index contributed by atoms with van der Waals surface area (Å²) in [5, 5.41) is 0. The Bertz CT molecular complexity index is 2020. The zero-order valence-electron chi connectivity index (χ0n) is 37.7. The molecular weight excluding hydrogens is 814 g/mol. The SMILES string of the molecule is Cc1cc(C)c(C(=O)P(=O)(OCCOCCOCCOCCOP(=O)(C(=O)c2c(C)cc(C)cc2C)C(=O)c2c(C)cc(C)cc2C)C(=O)c2c(C)cc(C)cc2C)c(C)c1. The van der Waals surface area contributed by atoms with Crippen LogP contribution in [0.5, 0.6) is 0 Å². The van der Waals surface area contributed by atoms with E-state index in [0.717, 1.165) is 22.3 Å². The minimum absolute atomic E-state index is 0.0553. The van der Waals surface area contributed by atoms with Crippen LogP contribution in [-0.2, 0) is 32.4 Å². The van der Waals surface area contributed by atoms with Gasteiger partial charge in [-0.3, -0.25) is 28.3 Å². The highest BCUT2D eigenvalue weighted by atomic mass is 31.2. The van der Waals surface area contributed by atoms with Crippen LogP contribution in [0.15, 0.2) is 48.5 Å². The summed E-state index contributed by atoms with van der Waals surface area (Å²) in [6, 6.07) is 14.5. The first kappa shape index (κ1) is 49.5. The summed E-state index contributed by atoms with van der Waals surface area (Å²) in [6.07, 6.45) is 0. The zero-order chi connectivity index (χ0) is 45.4. The van der Waals surface area contributed by atoms with Crippen LogP contribution in [0.4, 0.5) is 0 Å². The van der Waals surface area contributed by atoms with Gasteiger partial charge < -0.3 is 23.3 Å². The van der Waals surface area contributed by atoms with Gasteiger partial charge in [0.25, 0.3) is 22.1 Å². The maximum Gasteiger partial charge on any atom is 0.340 e. The topological polar surface area (TPSA) is 149 Å². The normalized spacial score (nSPS) is 11.9. The third-order valence-electron chi connectivity index (χ3n) is 10.4. The fraction of sp³-hybridized carbons (Fsp3) is 0.417. The first-order chi connectivity index (χ1) is 28.6. The number of aryl methyl sites for hydroxylation is 12. The van der Waals surface area contributed by atoms with Gasteiger partial charge in [0.15, 0.2) is 0 Å². The summed E-state index contributed by atoms with van der Waals surface area (Å²) in [4.78, 5) is 56.1. The van der Waals surface area contributed by atoms with Crippen LogP contribution in [0.3, 0.4) is 0 Å². The van der Waals surface area contributed by atoms with Gasteiger partial charge in [0.05, 0.1) is 52.9 Å². The van der Waals surface area contributed by atoms with Gasteiger partial charge in [-0.1, -0.05) is 70.8 Å². The smallest absolute Gasteiger partial charge is 0.340 e. The second kappa shape index (κ2) is 21.3. The minimum atomic E-state index is -4.60. The van der Waals surface area contributed by atoms with Crippen molar-refractivity contribution in [3.63, 3.8) is 0 Å². The highest BCUT2D eigenvalue weighted by Gasteiger charge is 2.46. The van der Waals surface area contributed by atoms with Crippen molar-refractivity contribution in [3.8, 4) is 0 Å². The molecule has 328 valence electrons. The fourth-order valence-corrected chi connectivity index (χ4v) is 12.2. The second-order valence-corrected chi connectivity index (χ2v) is 20.3. The van der Waals surface area contributed by atoms with Crippen LogP contribution in [0.25, 0.3) is 0 Å². The van der Waals surface area contributed by atoms with Crippen LogP contribution in [0.2, 0.25) is 0 Å². The van der Waals surface area contributed by atoms with E-state index in [1.807, 2.05) is 76.2 Å². The van der Waals surface area contributed by atoms with E-state index in [0.29, 0.717) is 44.5 Å². The molecule has 0 bridgehead atoms. The Morgan fingerprint density at radius 3 is 0.672 bits per heavy atom. The van der Waals surface area contributed by atoms with Crippen molar-refractivity contribution in [1.29, 1.82) is 0 Å². The Morgan fingerprint density at radius 1 is 0.328 bits per heavy atom. The highest BCUT2D eigenvalue weighted by molar-refractivity contribution is 7.92. The van der Waals surface area contributed by atoms with Crippen LogP contribution in [0, 0.1) is 83.1 Å². The molecule has 0 saturated heterocycles. The van der Waals surface area contributed by atoms with Gasteiger partial charge in [0.2, 0.25) is 0 Å². The molecule has 0 aliphatic carbocycles. The molecule has 0 heterocycles. The zero-order valence-corrected chi connectivity index (χ0v) is 39.4. The molecule has 0 amide bonds. The Balaban J connectivity index is 1.30. The van der Waals surface area contributed by atoms with Gasteiger partial charge in [0, 0.05) is 22.3 Å². The van der Waals surface area contributed by atoms with Crippen molar-refractivity contribution in [1.82, 2.24) is 0 Å². The summed E-state index contributed by atoms with van der Waals surface area (Å²) in [5.74, 6) is 0. The van der Waals surface area contributed by atoms with Crippen molar-refractivity contribution in [3.05, 3.63) is 138 Å². The lowest BCUT2D eigenvalue weighted by atomic mass is 10.0. The van der Waals surface area contributed by atoms with E-state index in [2.05, 4.69) is 0 Å². The number of benzene rings is 4. The molecule has 4 aromatic carbocycles. The summed E-state index contributed by atoms with van der Waals surface area (Å²) in [5.41, 5.74) is 6.11. The van der Waals surface area contributed by atoms with E-state index in [1.165, 1.54) is 0 Å². The van der Waals surface area contributed by atoms with E-state index >= 15 is 0 Å². The predicted molar refractivity (Wildman–Crippen MR) is 240 cm³/mol. The standard InChI is InChI=1S/C48H60O11P2/c1-29-21-33(5)41(34(6)22-29)45(49)60(53,46(50)42-35(7)23-30(2)24-36(42)8)58-19-17-56-15-13-55-14-16-57-18-20-59-61(54,47(51)43-37(9)25-31(3)26-38(43)10)48(52)44-39(11)27-32(4)28-40(44)12/h21-28H,13-20H2,1-12H3. The van der Waals surface area contributed by atoms with Crippen LogP contribution in [0.1, 0.15) is 108 Å².